The number of carbonyl (C=O) groups is 2. The third kappa shape index (κ3) is 4.49. The molecule has 0 bridgehead atoms. The largest absolute Gasteiger partial charge is 0.378 e. The fourth-order valence-electron chi connectivity index (χ4n) is 3.85. The molecule has 0 spiro atoms. The van der Waals surface area contributed by atoms with Crippen LogP contribution in [0.4, 0.5) is 5.82 Å². The minimum Gasteiger partial charge on any atom is -0.378 e. The highest BCUT2D eigenvalue weighted by molar-refractivity contribution is 6.04. The fraction of sp³-hybridized carbons (Fsp3) is 0.476. The smallest absolute Gasteiger partial charge is 0.256 e. The zero-order chi connectivity index (χ0) is 20.2. The van der Waals surface area contributed by atoms with E-state index in [2.05, 4.69) is 22.4 Å². The molecule has 2 saturated heterocycles. The lowest BCUT2D eigenvalue weighted by atomic mass is 10.1. The molecule has 2 amide bonds. The summed E-state index contributed by atoms with van der Waals surface area (Å²) in [5.74, 6) is 0.476. The maximum Gasteiger partial charge on any atom is 0.256 e. The van der Waals surface area contributed by atoms with E-state index >= 15 is 0 Å². The first-order chi connectivity index (χ1) is 14.1. The zero-order valence-electron chi connectivity index (χ0n) is 16.7. The molecule has 0 radical (unpaired) electrons. The summed E-state index contributed by atoms with van der Waals surface area (Å²) in [7, 11) is 2.12. The van der Waals surface area contributed by atoms with Crippen molar-refractivity contribution in [1.29, 1.82) is 0 Å². The molecule has 2 aliphatic rings. The Hall–Kier alpha value is -2.71. The molecule has 4 rings (SSSR count). The van der Waals surface area contributed by atoms with Crippen molar-refractivity contribution in [2.45, 2.75) is 18.9 Å². The Bertz CT molecular complexity index is 849. The molecule has 0 atom stereocenters. The van der Waals surface area contributed by atoms with Crippen molar-refractivity contribution < 1.29 is 14.3 Å². The molecule has 154 valence electrons. The third-order valence-corrected chi connectivity index (χ3v) is 5.64. The first kappa shape index (κ1) is 19.6. The van der Waals surface area contributed by atoms with Crippen LogP contribution in [0.1, 0.15) is 39.6 Å². The van der Waals surface area contributed by atoms with Gasteiger partial charge in [-0.25, -0.2) is 4.68 Å². The summed E-state index contributed by atoms with van der Waals surface area (Å²) in [6, 6.07) is 8.93. The molecule has 2 aromatic rings. The molecule has 8 heteroatoms. The van der Waals surface area contributed by atoms with Gasteiger partial charge in [-0.05, 0) is 57.2 Å². The number of nitrogens with zero attached hydrogens (tertiary/aromatic N) is 4. The van der Waals surface area contributed by atoms with Crippen LogP contribution in [0.2, 0.25) is 0 Å². The van der Waals surface area contributed by atoms with Gasteiger partial charge in [-0.3, -0.25) is 9.59 Å². The molecule has 8 nitrogen and oxygen atoms in total. The van der Waals surface area contributed by atoms with Crippen LogP contribution >= 0.6 is 0 Å². The monoisotopic (exact) mass is 397 g/mol. The molecule has 1 aromatic carbocycles. The SMILES string of the molecule is CN1CCC(n2nccc2NC(=O)c2ccc(C(=O)N3CCOCC3)cc2)CC1. The van der Waals surface area contributed by atoms with Gasteiger partial charge >= 0.3 is 0 Å². The molecule has 2 aliphatic heterocycles. The average molecular weight is 397 g/mol. The molecule has 0 saturated carbocycles. The predicted molar refractivity (Wildman–Crippen MR) is 109 cm³/mol. The van der Waals surface area contributed by atoms with Gasteiger partial charge < -0.3 is 19.9 Å². The van der Waals surface area contributed by atoms with E-state index in [0.717, 1.165) is 25.9 Å². The van der Waals surface area contributed by atoms with Gasteiger partial charge in [-0.15, -0.1) is 0 Å². The van der Waals surface area contributed by atoms with E-state index in [1.165, 1.54) is 0 Å². The minimum atomic E-state index is -0.204. The maximum atomic E-state index is 12.7. The molecule has 2 fully saturated rings. The number of aromatic nitrogens is 2. The standard InChI is InChI=1S/C21H27N5O3/c1-24-10-7-18(8-11-24)26-19(6-9-22-26)23-20(27)16-2-4-17(5-3-16)21(28)25-12-14-29-15-13-25/h2-6,9,18H,7-8,10-15H2,1H3,(H,23,27). The van der Waals surface area contributed by atoms with Crippen LogP contribution in [0.25, 0.3) is 0 Å². The van der Waals surface area contributed by atoms with E-state index in [9.17, 15) is 9.59 Å². The molecule has 3 heterocycles. The van der Waals surface area contributed by atoms with Gasteiger partial charge in [-0.1, -0.05) is 0 Å². The Labute approximate surface area is 170 Å². The van der Waals surface area contributed by atoms with E-state index in [4.69, 9.17) is 4.74 Å². The Morgan fingerprint density at radius 3 is 2.34 bits per heavy atom. The Morgan fingerprint density at radius 1 is 1.00 bits per heavy atom. The van der Waals surface area contributed by atoms with Crippen molar-refractivity contribution in [1.82, 2.24) is 19.6 Å². The summed E-state index contributed by atoms with van der Waals surface area (Å²) in [5, 5.41) is 7.39. The van der Waals surface area contributed by atoms with E-state index in [1.54, 1.807) is 35.4 Å². The van der Waals surface area contributed by atoms with Gasteiger partial charge in [0.05, 0.1) is 25.5 Å². The number of likely N-dealkylation sites (tertiary alicyclic amines) is 1. The van der Waals surface area contributed by atoms with Crippen molar-refractivity contribution in [2.75, 3.05) is 51.8 Å². The van der Waals surface area contributed by atoms with Crippen molar-refractivity contribution in [2.24, 2.45) is 0 Å². The van der Waals surface area contributed by atoms with Crippen molar-refractivity contribution in [3.05, 3.63) is 47.7 Å². The van der Waals surface area contributed by atoms with E-state index in [1.807, 2.05) is 10.7 Å². The fourth-order valence-corrected chi connectivity index (χ4v) is 3.85. The molecule has 0 aliphatic carbocycles. The lowest BCUT2D eigenvalue weighted by Crippen LogP contribution is -2.40. The Morgan fingerprint density at radius 2 is 1.66 bits per heavy atom. The summed E-state index contributed by atoms with van der Waals surface area (Å²) in [6.07, 6.45) is 3.75. The topological polar surface area (TPSA) is 79.7 Å². The van der Waals surface area contributed by atoms with E-state index in [0.29, 0.717) is 49.3 Å². The van der Waals surface area contributed by atoms with Gasteiger partial charge in [0.1, 0.15) is 5.82 Å². The van der Waals surface area contributed by atoms with Gasteiger partial charge in [0.15, 0.2) is 0 Å². The van der Waals surface area contributed by atoms with Crippen molar-refractivity contribution in [3.63, 3.8) is 0 Å². The molecular formula is C21H27N5O3. The number of rotatable bonds is 4. The number of carbonyl (C=O) groups excluding carboxylic acids is 2. The van der Waals surface area contributed by atoms with Crippen LogP contribution < -0.4 is 5.32 Å². The number of amides is 2. The highest BCUT2D eigenvalue weighted by Crippen LogP contribution is 2.25. The number of morpholine rings is 1. The predicted octanol–water partition coefficient (Wildman–Crippen LogP) is 1.87. The number of ether oxygens (including phenoxy) is 1. The first-order valence-corrected chi connectivity index (χ1v) is 10.1. The normalized spacial score (nSPS) is 18.6. The summed E-state index contributed by atoms with van der Waals surface area (Å²) in [6.45, 7) is 4.38. The van der Waals surface area contributed by atoms with Crippen LogP contribution in [-0.2, 0) is 4.74 Å². The third-order valence-electron chi connectivity index (χ3n) is 5.64. The van der Waals surface area contributed by atoms with Crippen LogP contribution in [0, 0.1) is 0 Å². The van der Waals surface area contributed by atoms with E-state index in [-0.39, 0.29) is 11.8 Å². The van der Waals surface area contributed by atoms with Gasteiger partial charge in [0.2, 0.25) is 0 Å². The van der Waals surface area contributed by atoms with Crippen LogP contribution in [-0.4, -0.2) is 77.8 Å². The Balaban J connectivity index is 1.40. The highest BCUT2D eigenvalue weighted by Gasteiger charge is 2.22. The number of anilines is 1. The minimum absolute atomic E-state index is 0.0272. The average Bonchev–Trinajstić information content (AvgIpc) is 3.22. The molecule has 1 N–H and O–H groups in total. The number of hydrogen-bond acceptors (Lipinski definition) is 5. The zero-order valence-corrected chi connectivity index (χ0v) is 16.7. The first-order valence-electron chi connectivity index (χ1n) is 10.1. The van der Waals surface area contributed by atoms with E-state index < -0.39 is 0 Å². The van der Waals surface area contributed by atoms with Crippen LogP contribution in [0.5, 0.6) is 0 Å². The molecule has 29 heavy (non-hydrogen) atoms. The van der Waals surface area contributed by atoms with Crippen LogP contribution in [0.3, 0.4) is 0 Å². The van der Waals surface area contributed by atoms with Crippen LogP contribution in [0.15, 0.2) is 36.5 Å². The second-order valence-electron chi connectivity index (χ2n) is 7.63. The lowest BCUT2D eigenvalue weighted by Gasteiger charge is -2.30. The molecular weight excluding hydrogens is 370 g/mol. The summed E-state index contributed by atoms with van der Waals surface area (Å²) >= 11 is 0. The molecule has 1 aromatic heterocycles. The summed E-state index contributed by atoms with van der Waals surface area (Å²) in [4.78, 5) is 29.3. The van der Waals surface area contributed by atoms with Gasteiger partial charge in [0.25, 0.3) is 11.8 Å². The number of piperidine rings is 1. The number of nitrogens with one attached hydrogen (secondary N) is 1. The summed E-state index contributed by atoms with van der Waals surface area (Å²) < 4.78 is 7.21. The second-order valence-corrected chi connectivity index (χ2v) is 7.63. The van der Waals surface area contributed by atoms with Crippen molar-refractivity contribution in [3.8, 4) is 0 Å². The highest BCUT2D eigenvalue weighted by atomic mass is 16.5. The van der Waals surface area contributed by atoms with Crippen molar-refractivity contribution >= 4 is 17.6 Å². The number of hydrogen-bond donors (Lipinski definition) is 1. The maximum absolute atomic E-state index is 12.7. The Kier molecular flexibility index (Phi) is 5.92. The second kappa shape index (κ2) is 8.75. The molecule has 0 unspecified atom stereocenters. The quantitative estimate of drug-likeness (QED) is 0.852. The van der Waals surface area contributed by atoms with Gasteiger partial charge in [0, 0.05) is 30.3 Å². The van der Waals surface area contributed by atoms with Gasteiger partial charge in [-0.2, -0.15) is 5.10 Å². The number of benzene rings is 1. The lowest BCUT2D eigenvalue weighted by molar-refractivity contribution is 0.0303. The summed E-state index contributed by atoms with van der Waals surface area (Å²) in [5.41, 5.74) is 1.10.